The monoisotopic (exact) mass is 578 g/mol. The molecule has 4 aromatic rings. The number of anilines is 1. The number of hydrogen-bond donors (Lipinski definition) is 1. The lowest BCUT2D eigenvalue weighted by Crippen LogP contribution is -2.61. The lowest BCUT2D eigenvalue weighted by Gasteiger charge is -2.47. The van der Waals surface area contributed by atoms with E-state index in [0.717, 1.165) is 11.1 Å². The molecule has 0 spiro atoms. The minimum Gasteiger partial charge on any atom is -0.478 e. The van der Waals surface area contributed by atoms with Crippen LogP contribution in [0.4, 0.5) is 10.2 Å². The Hall–Kier alpha value is -3.98. The molecule has 214 valence electrons. The Morgan fingerprint density at radius 3 is 2.49 bits per heavy atom. The minimum atomic E-state index is -1.04. The van der Waals surface area contributed by atoms with Crippen LogP contribution in [-0.4, -0.2) is 57.0 Å². The lowest BCUT2D eigenvalue weighted by molar-refractivity contribution is 0.0481. The van der Waals surface area contributed by atoms with Gasteiger partial charge in [0.25, 0.3) is 5.91 Å². The van der Waals surface area contributed by atoms with Gasteiger partial charge in [0.1, 0.15) is 22.7 Å². The molecule has 0 radical (unpaired) electrons. The van der Waals surface area contributed by atoms with E-state index >= 15 is 0 Å². The summed E-state index contributed by atoms with van der Waals surface area (Å²) in [4.78, 5) is 38.5. The van der Waals surface area contributed by atoms with Crippen molar-refractivity contribution in [2.45, 2.75) is 52.5 Å². The van der Waals surface area contributed by atoms with Gasteiger partial charge < -0.3 is 19.3 Å². The Morgan fingerprint density at radius 1 is 1.12 bits per heavy atom. The van der Waals surface area contributed by atoms with Gasteiger partial charge in [-0.05, 0) is 56.0 Å². The zero-order chi connectivity index (χ0) is 29.9. The number of pyridine rings is 2. The molecule has 4 heterocycles. The maximum absolute atomic E-state index is 14.3. The van der Waals surface area contributed by atoms with Crippen LogP contribution in [-0.2, 0) is 5.41 Å². The van der Waals surface area contributed by atoms with Crippen LogP contribution in [0.3, 0.4) is 0 Å². The van der Waals surface area contributed by atoms with Gasteiger partial charge in [0.15, 0.2) is 11.3 Å². The van der Waals surface area contributed by atoms with Crippen molar-refractivity contribution in [2.75, 3.05) is 24.5 Å². The molecule has 1 aliphatic rings. The molecule has 41 heavy (non-hydrogen) atoms. The molecule has 3 aromatic heterocycles. The van der Waals surface area contributed by atoms with Crippen LogP contribution >= 0.6 is 11.6 Å². The third-order valence-corrected chi connectivity index (χ3v) is 7.70. The molecule has 0 bridgehead atoms. The number of benzene rings is 1. The second-order valence-corrected chi connectivity index (χ2v) is 12.5. The SMILES string of the molecule is Cc1cnc(N2CCN(C(=O)c3cc4nc(-c5ccc(Cl)c(F)c5)cc(C(C)(C)C)c4o3)C(C)(C)C2)c(C(=O)O)c1. The first kappa shape index (κ1) is 28.5. The first-order valence-electron chi connectivity index (χ1n) is 13.3. The number of hydrogen-bond acceptors (Lipinski definition) is 6. The highest BCUT2D eigenvalue weighted by atomic mass is 35.5. The van der Waals surface area contributed by atoms with E-state index in [4.69, 9.17) is 21.0 Å². The Kier molecular flexibility index (Phi) is 7.06. The largest absolute Gasteiger partial charge is 0.478 e. The number of nitrogens with zero attached hydrogens (tertiary/aromatic N) is 4. The van der Waals surface area contributed by atoms with E-state index in [9.17, 15) is 19.1 Å². The molecular weight excluding hydrogens is 547 g/mol. The average Bonchev–Trinajstić information content (AvgIpc) is 3.32. The summed E-state index contributed by atoms with van der Waals surface area (Å²) in [6.45, 7) is 12.9. The van der Waals surface area contributed by atoms with Gasteiger partial charge in [-0.1, -0.05) is 38.4 Å². The number of aromatic nitrogens is 2. The van der Waals surface area contributed by atoms with E-state index in [0.29, 0.717) is 47.8 Å². The molecule has 1 amide bonds. The van der Waals surface area contributed by atoms with Crippen LogP contribution in [0.15, 0.2) is 47.0 Å². The summed E-state index contributed by atoms with van der Waals surface area (Å²) in [5, 5.41) is 9.76. The number of amides is 1. The molecule has 1 aliphatic heterocycles. The molecule has 10 heteroatoms. The number of piperazine rings is 1. The smallest absolute Gasteiger partial charge is 0.339 e. The summed E-state index contributed by atoms with van der Waals surface area (Å²) >= 11 is 5.89. The first-order chi connectivity index (χ1) is 19.2. The molecule has 1 N–H and O–H groups in total. The molecule has 1 fully saturated rings. The van der Waals surface area contributed by atoms with E-state index in [1.807, 2.05) is 45.6 Å². The van der Waals surface area contributed by atoms with Crippen LogP contribution in [0, 0.1) is 12.7 Å². The fourth-order valence-electron chi connectivity index (χ4n) is 5.30. The number of carbonyl (C=O) groups excluding carboxylic acids is 1. The Morgan fingerprint density at radius 2 is 1.85 bits per heavy atom. The van der Waals surface area contributed by atoms with Crippen molar-refractivity contribution in [1.29, 1.82) is 0 Å². The summed E-state index contributed by atoms with van der Waals surface area (Å²) in [5.74, 6) is -1.33. The number of aromatic carboxylic acids is 1. The summed E-state index contributed by atoms with van der Waals surface area (Å²) in [6.07, 6.45) is 1.65. The molecule has 0 saturated carbocycles. The summed E-state index contributed by atoms with van der Waals surface area (Å²) in [7, 11) is 0. The number of carboxylic acid groups (broad SMARTS) is 1. The van der Waals surface area contributed by atoms with E-state index < -0.39 is 17.3 Å². The molecule has 0 aliphatic carbocycles. The summed E-state index contributed by atoms with van der Waals surface area (Å²) < 4.78 is 20.4. The highest BCUT2D eigenvalue weighted by molar-refractivity contribution is 6.30. The van der Waals surface area contributed by atoms with Crippen molar-refractivity contribution in [2.24, 2.45) is 0 Å². The molecule has 0 unspecified atom stereocenters. The average molecular weight is 579 g/mol. The van der Waals surface area contributed by atoms with Crippen molar-refractivity contribution in [3.63, 3.8) is 0 Å². The van der Waals surface area contributed by atoms with Gasteiger partial charge in [0.05, 0.1) is 16.3 Å². The van der Waals surface area contributed by atoms with Gasteiger partial charge in [0, 0.05) is 43.0 Å². The van der Waals surface area contributed by atoms with Gasteiger partial charge >= 0.3 is 5.97 Å². The second-order valence-electron chi connectivity index (χ2n) is 12.1. The first-order valence-corrected chi connectivity index (χ1v) is 13.7. The standard InChI is InChI=1S/C31H32ClFN4O4/c1-17-11-19(29(39)40)27(34-15-17)36-9-10-37(31(5,6)16-36)28(38)25-14-24-26(41-25)20(30(2,3)4)13-23(35-24)18-7-8-21(32)22(33)12-18/h7-8,11-15H,9-10,16H2,1-6H3,(H,39,40). The van der Waals surface area contributed by atoms with Crippen molar-refractivity contribution in [1.82, 2.24) is 14.9 Å². The molecular formula is C31H32ClFN4O4. The highest BCUT2D eigenvalue weighted by Gasteiger charge is 2.40. The van der Waals surface area contributed by atoms with E-state index in [2.05, 4.69) is 4.98 Å². The maximum atomic E-state index is 14.3. The van der Waals surface area contributed by atoms with Crippen molar-refractivity contribution >= 4 is 40.4 Å². The quantitative estimate of drug-likeness (QED) is 0.287. The molecule has 0 atom stereocenters. The van der Waals surface area contributed by atoms with Gasteiger partial charge in [0.2, 0.25) is 0 Å². The number of furan rings is 1. The van der Waals surface area contributed by atoms with Crippen LogP contribution in [0.1, 0.15) is 66.7 Å². The summed E-state index contributed by atoms with van der Waals surface area (Å²) in [5.41, 5.74) is 2.83. The van der Waals surface area contributed by atoms with Crippen LogP contribution in [0.25, 0.3) is 22.4 Å². The van der Waals surface area contributed by atoms with Gasteiger partial charge in [-0.15, -0.1) is 0 Å². The number of halogens is 2. The highest BCUT2D eigenvalue weighted by Crippen LogP contribution is 2.36. The Bertz CT molecular complexity index is 1690. The molecule has 1 saturated heterocycles. The van der Waals surface area contributed by atoms with Crippen molar-refractivity contribution in [3.8, 4) is 11.3 Å². The van der Waals surface area contributed by atoms with Gasteiger partial charge in [-0.25, -0.2) is 19.2 Å². The summed E-state index contributed by atoms with van der Waals surface area (Å²) in [6, 6.07) is 9.65. The number of aryl methyl sites for hydroxylation is 1. The maximum Gasteiger partial charge on any atom is 0.339 e. The van der Waals surface area contributed by atoms with Crippen molar-refractivity contribution in [3.05, 3.63) is 75.9 Å². The van der Waals surface area contributed by atoms with Gasteiger partial charge in [-0.2, -0.15) is 0 Å². The fraction of sp³-hybridized carbons (Fsp3) is 0.355. The Balaban J connectivity index is 1.49. The Labute approximate surface area is 242 Å². The van der Waals surface area contributed by atoms with E-state index in [1.54, 1.807) is 36.2 Å². The molecule has 8 nitrogen and oxygen atoms in total. The third-order valence-electron chi connectivity index (χ3n) is 7.39. The van der Waals surface area contributed by atoms with Gasteiger partial charge in [-0.3, -0.25) is 4.79 Å². The zero-order valence-electron chi connectivity index (χ0n) is 23.9. The zero-order valence-corrected chi connectivity index (χ0v) is 24.6. The second kappa shape index (κ2) is 10.1. The molecule has 1 aromatic carbocycles. The number of rotatable bonds is 4. The predicted molar refractivity (Wildman–Crippen MR) is 156 cm³/mol. The lowest BCUT2D eigenvalue weighted by atomic mass is 9.86. The predicted octanol–water partition coefficient (Wildman–Crippen LogP) is 6.73. The van der Waals surface area contributed by atoms with E-state index in [1.165, 1.54) is 12.1 Å². The van der Waals surface area contributed by atoms with E-state index in [-0.39, 0.29) is 27.7 Å². The third kappa shape index (κ3) is 5.38. The molecule has 5 rings (SSSR count). The number of carbonyl (C=O) groups is 2. The topological polar surface area (TPSA) is 99.8 Å². The minimum absolute atomic E-state index is 0.0297. The number of carboxylic acids is 1. The van der Waals surface area contributed by atoms with Crippen LogP contribution in [0.5, 0.6) is 0 Å². The van der Waals surface area contributed by atoms with Crippen molar-refractivity contribution < 1.29 is 23.5 Å². The normalized spacial score (nSPS) is 15.4. The number of fused-ring (bicyclic) bond motifs is 1. The van der Waals surface area contributed by atoms with Crippen LogP contribution in [0.2, 0.25) is 5.02 Å². The fourth-order valence-corrected chi connectivity index (χ4v) is 5.42. The van der Waals surface area contributed by atoms with Crippen LogP contribution < -0.4 is 4.90 Å².